The Balaban J connectivity index is 2.54. The number of ketones is 1. The first-order valence-electron chi connectivity index (χ1n) is 10.1. The second-order valence-electron chi connectivity index (χ2n) is 9.47. The third-order valence-electron chi connectivity index (χ3n) is 5.76. The number of carbonyl (C=O) groups is 2. The van der Waals surface area contributed by atoms with Gasteiger partial charge in [0.05, 0.1) is 30.1 Å². The first-order chi connectivity index (χ1) is 13.7. The van der Waals surface area contributed by atoms with Crippen molar-refractivity contribution < 1.29 is 31.9 Å². The molecule has 0 N–H and O–H groups in total. The fraction of sp³-hybridized carbons (Fsp3) is 0.636. The molecule has 0 saturated heterocycles. The number of hydrogen-bond donors (Lipinski definition) is 0. The molecule has 1 aliphatic carbocycles. The molecule has 0 aromatic heterocycles. The van der Waals surface area contributed by atoms with Crippen molar-refractivity contribution in [3.8, 4) is 0 Å². The molecule has 0 radical (unpaired) electrons. The summed E-state index contributed by atoms with van der Waals surface area (Å²) in [4.78, 5) is 25.6. The Labute approximate surface area is 177 Å². The van der Waals surface area contributed by atoms with Crippen molar-refractivity contribution in [1.29, 1.82) is 0 Å². The maximum atomic E-state index is 13.1. The number of ether oxygens (including phenoxy) is 1. The van der Waals surface area contributed by atoms with E-state index in [0.29, 0.717) is 24.8 Å². The SMILES string of the molecule is COC(=O)C(C)(C)[C@H]1CCCC(=O)[C@@H]1[C@H](O[Si](C)(C)C)c1ccc(C(F)(F)F)cc1. The first kappa shape index (κ1) is 24.6. The largest absolute Gasteiger partial charge is 0.469 e. The third kappa shape index (κ3) is 5.52. The Morgan fingerprint density at radius 3 is 2.17 bits per heavy atom. The Kier molecular flexibility index (Phi) is 7.24. The van der Waals surface area contributed by atoms with E-state index in [2.05, 4.69) is 0 Å². The number of Topliss-reactive ketones (excluding diaryl/α,β-unsaturated/α-hetero) is 1. The highest BCUT2D eigenvalue weighted by Gasteiger charge is 2.50. The van der Waals surface area contributed by atoms with Gasteiger partial charge in [0.15, 0.2) is 8.32 Å². The predicted octanol–water partition coefficient (Wildman–Crippen LogP) is 5.78. The molecule has 2 rings (SSSR count). The summed E-state index contributed by atoms with van der Waals surface area (Å²) in [5.74, 6) is -1.40. The smallest absolute Gasteiger partial charge is 0.416 e. The number of alkyl halides is 3. The molecule has 1 saturated carbocycles. The Hall–Kier alpha value is -1.67. The summed E-state index contributed by atoms with van der Waals surface area (Å²) < 4.78 is 50.4. The van der Waals surface area contributed by atoms with Crippen molar-refractivity contribution in [2.45, 2.75) is 65.0 Å². The fourth-order valence-corrected chi connectivity index (χ4v) is 5.31. The van der Waals surface area contributed by atoms with Gasteiger partial charge in [-0.1, -0.05) is 12.1 Å². The number of benzene rings is 1. The fourth-order valence-electron chi connectivity index (χ4n) is 4.26. The molecule has 30 heavy (non-hydrogen) atoms. The second kappa shape index (κ2) is 8.83. The van der Waals surface area contributed by atoms with Crippen LogP contribution in [0.5, 0.6) is 0 Å². The monoisotopic (exact) mass is 444 g/mol. The summed E-state index contributed by atoms with van der Waals surface area (Å²) in [5, 5.41) is 0. The lowest BCUT2D eigenvalue weighted by atomic mass is 9.62. The molecule has 1 aromatic carbocycles. The predicted molar refractivity (Wildman–Crippen MR) is 110 cm³/mol. The normalized spacial score (nSPS) is 22.0. The Bertz CT molecular complexity index is 766. The summed E-state index contributed by atoms with van der Waals surface area (Å²) in [6.07, 6.45) is -3.48. The molecule has 168 valence electrons. The molecule has 0 amide bonds. The highest BCUT2D eigenvalue weighted by Crippen LogP contribution is 2.48. The van der Waals surface area contributed by atoms with Crippen LogP contribution in [0.1, 0.15) is 50.3 Å². The molecule has 0 aliphatic heterocycles. The number of methoxy groups -OCH3 is 1. The highest BCUT2D eigenvalue weighted by atomic mass is 28.4. The van der Waals surface area contributed by atoms with Crippen molar-refractivity contribution >= 4 is 20.1 Å². The van der Waals surface area contributed by atoms with Crippen LogP contribution in [0.2, 0.25) is 19.6 Å². The summed E-state index contributed by atoms with van der Waals surface area (Å²) >= 11 is 0. The molecule has 0 unspecified atom stereocenters. The molecule has 8 heteroatoms. The van der Waals surface area contributed by atoms with Gasteiger partial charge in [0.25, 0.3) is 0 Å². The highest BCUT2D eigenvalue weighted by molar-refractivity contribution is 6.69. The van der Waals surface area contributed by atoms with E-state index < -0.39 is 43.5 Å². The van der Waals surface area contributed by atoms with Gasteiger partial charge in [-0.25, -0.2) is 0 Å². The average molecular weight is 445 g/mol. The number of esters is 1. The van der Waals surface area contributed by atoms with Crippen LogP contribution in [0.3, 0.4) is 0 Å². The van der Waals surface area contributed by atoms with Crippen LogP contribution in [-0.2, 0) is 24.9 Å². The minimum atomic E-state index is -4.44. The van der Waals surface area contributed by atoms with E-state index in [0.717, 1.165) is 12.1 Å². The number of carbonyl (C=O) groups excluding carboxylic acids is 2. The van der Waals surface area contributed by atoms with Crippen LogP contribution in [0.15, 0.2) is 24.3 Å². The minimum Gasteiger partial charge on any atom is -0.469 e. The molecule has 1 fully saturated rings. The van der Waals surface area contributed by atoms with E-state index in [9.17, 15) is 22.8 Å². The van der Waals surface area contributed by atoms with E-state index in [1.807, 2.05) is 19.6 Å². The molecule has 0 heterocycles. The number of halogens is 3. The molecular formula is C22H31F3O4Si. The van der Waals surface area contributed by atoms with Crippen molar-refractivity contribution in [1.82, 2.24) is 0 Å². The zero-order valence-electron chi connectivity index (χ0n) is 18.4. The number of hydrogen-bond acceptors (Lipinski definition) is 4. The lowest BCUT2D eigenvalue weighted by Gasteiger charge is -2.44. The molecule has 0 bridgehead atoms. The van der Waals surface area contributed by atoms with Crippen molar-refractivity contribution in [3.05, 3.63) is 35.4 Å². The summed E-state index contributed by atoms with van der Waals surface area (Å²) in [5.41, 5.74) is -1.15. The third-order valence-corrected chi connectivity index (χ3v) is 6.72. The summed E-state index contributed by atoms with van der Waals surface area (Å²) in [6.45, 7) is 9.42. The minimum absolute atomic E-state index is 0.0219. The van der Waals surface area contributed by atoms with Gasteiger partial charge >= 0.3 is 12.1 Å². The summed E-state index contributed by atoms with van der Waals surface area (Å²) in [6, 6.07) is 4.81. The van der Waals surface area contributed by atoms with Gasteiger partial charge in [-0.15, -0.1) is 0 Å². The van der Waals surface area contributed by atoms with Crippen LogP contribution in [-0.4, -0.2) is 27.2 Å². The molecule has 0 spiro atoms. The molecule has 4 nitrogen and oxygen atoms in total. The van der Waals surface area contributed by atoms with Crippen LogP contribution in [0.4, 0.5) is 13.2 Å². The maximum Gasteiger partial charge on any atom is 0.416 e. The van der Waals surface area contributed by atoms with E-state index in [1.165, 1.54) is 19.2 Å². The summed E-state index contributed by atoms with van der Waals surface area (Å²) in [7, 11) is -0.867. The lowest BCUT2D eigenvalue weighted by molar-refractivity contribution is -0.159. The lowest BCUT2D eigenvalue weighted by Crippen LogP contribution is -2.47. The maximum absolute atomic E-state index is 13.1. The van der Waals surface area contributed by atoms with E-state index in [-0.39, 0.29) is 11.7 Å². The zero-order valence-corrected chi connectivity index (χ0v) is 19.4. The van der Waals surface area contributed by atoms with Crippen LogP contribution >= 0.6 is 0 Å². The molecule has 1 aliphatic rings. The Morgan fingerprint density at radius 2 is 1.70 bits per heavy atom. The topological polar surface area (TPSA) is 52.6 Å². The molecule has 3 atom stereocenters. The average Bonchev–Trinajstić information content (AvgIpc) is 2.64. The van der Waals surface area contributed by atoms with E-state index in [4.69, 9.17) is 9.16 Å². The van der Waals surface area contributed by atoms with Crippen LogP contribution in [0, 0.1) is 17.3 Å². The standard InChI is InChI=1S/C22H31F3O4Si/c1-21(2,20(27)28-3)16-8-7-9-17(26)18(16)19(29-30(4,5)6)14-10-12-15(13-11-14)22(23,24)25/h10-13,16,18-19H,7-9H2,1-6H3/t16-,18+,19+/m0/s1. The quantitative estimate of drug-likeness (QED) is 0.412. The van der Waals surface area contributed by atoms with Gasteiger partial charge in [-0.3, -0.25) is 9.59 Å². The van der Waals surface area contributed by atoms with Crippen LogP contribution < -0.4 is 0 Å². The zero-order chi connectivity index (χ0) is 22.9. The van der Waals surface area contributed by atoms with Crippen molar-refractivity contribution in [3.63, 3.8) is 0 Å². The first-order valence-corrected chi connectivity index (χ1v) is 13.6. The second-order valence-corrected chi connectivity index (χ2v) is 13.9. The van der Waals surface area contributed by atoms with Crippen molar-refractivity contribution in [2.75, 3.05) is 7.11 Å². The van der Waals surface area contributed by atoms with Gasteiger partial charge in [0.1, 0.15) is 5.78 Å². The number of rotatable bonds is 6. The Morgan fingerprint density at radius 1 is 1.13 bits per heavy atom. The van der Waals surface area contributed by atoms with Gasteiger partial charge in [0.2, 0.25) is 0 Å². The van der Waals surface area contributed by atoms with Crippen LogP contribution in [0.25, 0.3) is 0 Å². The molecule has 1 aromatic rings. The van der Waals surface area contributed by atoms with Gasteiger partial charge < -0.3 is 9.16 Å². The van der Waals surface area contributed by atoms with E-state index >= 15 is 0 Å². The molecular weight excluding hydrogens is 413 g/mol. The van der Waals surface area contributed by atoms with Crippen molar-refractivity contribution in [2.24, 2.45) is 17.3 Å². The van der Waals surface area contributed by atoms with Gasteiger partial charge in [0, 0.05) is 6.42 Å². The van der Waals surface area contributed by atoms with Gasteiger partial charge in [-0.05, 0) is 69.9 Å². The van der Waals surface area contributed by atoms with Gasteiger partial charge in [-0.2, -0.15) is 13.2 Å². The van der Waals surface area contributed by atoms with E-state index in [1.54, 1.807) is 13.8 Å².